The van der Waals surface area contributed by atoms with Gasteiger partial charge in [-0.1, -0.05) is 12.1 Å². The zero-order valence-corrected chi connectivity index (χ0v) is 14.8. The van der Waals surface area contributed by atoms with Gasteiger partial charge in [0.15, 0.2) is 11.8 Å². The number of aliphatic imine (C=N–C) groups is 1. The molecule has 0 saturated heterocycles. The van der Waals surface area contributed by atoms with E-state index in [1.54, 1.807) is 13.4 Å². The van der Waals surface area contributed by atoms with Crippen LogP contribution >= 0.6 is 0 Å². The normalized spacial score (nSPS) is 11.4. The summed E-state index contributed by atoms with van der Waals surface area (Å²) in [5, 5.41) is 14.5. The van der Waals surface area contributed by atoms with Crippen LogP contribution in [0.1, 0.15) is 23.9 Å². The van der Waals surface area contributed by atoms with E-state index in [0.717, 1.165) is 42.6 Å². The molecule has 1 aromatic carbocycles. The summed E-state index contributed by atoms with van der Waals surface area (Å²) in [6, 6.07) is 6.30. The highest BCUT2D eigenvalue weighted by molar-refractivity contribution is 5.79. The number of methoxy groups -OCH3 is 1. The Morgan fingerprint density at radius 2 is 2.17 bits per heavy atom. The Morgan fingerprint density at radius 3 is 2.83 bits per heavy atom. The van der Waals surface area contributed by atoms with Gasteiger partial charge in [-0.3, -0.25) is 0 Å². The lowest BCUT2D eigenvalue weighted by Crippen LogP contribution is -2.38. The number of benzene rings is 1. The molecule has 0 radical (unpaired) electrons. The fourth-order valence-electron chi connectivity index (χ4n) is 2.29. The van der Waals surface area contributed by atoms with Crippen LogP contribution in [0.2, 0.25) is 0 Å². The molecule has 0 fully saturated rings. The fraction of sp³-hybridized carbons (Fsp3) is 0.471. The first-order valence-electron chi connectivity index (χ1n) is 8.12. The zero-order chi connectivity index (χ0) is 17.4. The highest BCUT2D eigenvalue weighted by atomic mass is 16.5. The number of nitrogens with one attached hydrogen (secondary N) is 2. The molecule has 0 aliphatic heterocycles. The second-order valence-electron chi connectivity index (χ2n) is 5.53. The van der Waals surface area contributed by atoms with E-state index in [4.69, 9.17) is 4.74 Å². The molecular weight excluding hydrogens is 304 g/mol. The van der Waals surface area contributed by atoms with Crippen molar-refractivity contribution in [3.63, 3.8) is 0 Å². The number of hydrogen-bond donors (Lipinski definition) is 2. The number of ether oxygens (including phenoxy) is 1. The molecule has 0 unspecified atom stereocenters. The van der Waals surface area contributed by atoms with Gasteiger partial charge in [0.25, 0.3) is 0 Å². The van der Waals surface area contributed by atoms with Gasteiger partial charge < -0.3 is 19.9 Å². The van der Waals surface area contributed by atoms with Crippen molar-refractivity contribution in [1.82, 2.24) is 25.4 Å². The summed E-state index contributed by atoms with van der Waals surface area (Å²) in [4.78, 5) is 4.54. The van der Waals surface area contributed by atoms with Gasteiger partial charge in [-0.05, 0) is 37.5 Å². The summed E-state index contributed by atoms with van der Waals surface area (Å²) in [6.07, 6.45) is 2.57. The number of hydrogen-bond acceptors (Lipinski definition) is 4. The molecular formula is C17H26N6O. The average molecular weight is 330 g/mol. The van der Waals surface area contributed by atoms with E-state index in [1.165, 1.54) is 5.56 Å². The molecule has 2 N–H and O–H groups in total. The van der Waals surface area contributed by atoms with E-state index in [2.05, 4.69) is 44.0 Å². The molecule has 2 rings (SSSR count). The lowest BCUT2D eigenvalue weighted by atomic mass is 10.1. The van der Waals surface area contributed by atoms with Crippen LogP contribution in [0.15, 0.2) is 29.5 Å². The molecule has 1 aromatic heterocycles. The Morgan fingerprint density at radius 1 is 1.33 bits per heavy atom. The van der Waals surface area contributed by atoms with Gasteiger partial charge in [0.05, 0.1) is 7.11 Å². The van der Waals surface area contributed by atoms with Gasteiger partial charge in [0.2, 0.25) is 0 Å². The van der Waals surface area contributed by atoms with Crippen LogP contribution < -0.4 is 15.4 Å². The topological polar surface area (TPSA) is 76.4 Å². The molecule has 1 heterocycles. The van der Waals surface area contributed by atoms with Gasteiger partial charge in [-0.2, -0.15) is 0 Å². The molecule has 0 atom stereocenters. The monoisotopic (exact) mass is 330 g/mol. The maximum atomic E-state index is 5.37. The van der Waals surface area contributed by atoms with Crippen molar-refractivity contribution in [3.05, 3.63) is 41.5 Å². The van der Waals surface area contributed by atoms with Crippen LogP contribution in [0, 0.1) is 6.92 Å². The molecule has 0 bridgehead atoms. The van der Waals surface area contributed by atoms with Gasteiger partial charge in [-0.15, -0.1) is 10.2 Å². The number of nitrogens with zero attached hydrogens (tertiary/aromatic N) is 4. The Labute approximate surface area is 143 Å². The first kappa shape index (κ1) is 17.8. The second-order valence-corrected chi connectivity index (χ2v) is 5.53. The maximum Gasteiger partial charge on any atom is 0.191 e. The Hall–Kier alpha value is -2.57. The third kappa shape index (κ3) is 4.97. The predicted octanol–water partition coefficient (Wildman–Crippen LogP) is 1.43. The number of aromatic nitrogens is 3. The first-order valence-corrected chi connectivity index (χ1v) is 8.12. The van der Waals surface area contributed by atoms with E-state index in [1.807, 2.05) is 25.5 Å². The standard InChI is InChI=1S/C17H26N6O/c1-5-18-17(20-11-16-22-21-12-23(16)3)19-9-8-14-7-6-13(2)15(10-14)24-4/h6-7,10,12H,5,8-9,11H2,1-4H3,(H2,18,19,20). The quantitative estimate of drug-likeness (QED) is 0.593. The Kier molecular flexibility index (Phi) is 6.60. The first-order chi connectivity index (χ1) is 11.6. The summed E-state index contributed by atoms with van der Waals surface area (Å²) in [7, 11) is 3.61. The van der Waals surface area contributed by atoms with Crippen LogP contribution in [-0.4, -0.2) is 40.9 Å². The van der Waals surface area contributed by atoms with Crippen LogP contribution in [-0.2, 0) is 20.0 Å². The SMILES string of the molecule is CCNC(=NCc1nncn1C)NCCc1ccc(C)c(OC)c1. The highest BCUT2D eigenvalue weighted by Crippen LogP contribution is 2.18. The minimum absolute atomic E-state index is 0.490. The number of rotatable bonds is 7. The van der Waals surface area contributed by atoms with Crippen molar-refractivity contribution in [3.8, 4) is 5.75 Å². The van der Waals surface area contributed by atoms with E-state index in [9.17, 15) is 0 Å². The van der Waals surface area contributed by atoms with Crippen LogP contribution in [0.4, 0.5) is 0 Å². The molecule has 0 saturated carbocycles. The second kappa shape index (κ2) is 8.90. The van der Waals surface area contributed by atoms with Gasteiger partial charge in [0.1, 0.15) is 18.6 Å². The van der Waals surface area contributed by atoms with Crippen molar-refractivity contribution in [2.75, 3.05) is 20.2 Å². The molecule has 130 valence electrons. The lowest BCUT2D eigenvalue weighted by molar-refractivity contribution is 0.411. The van der Waals surface area contributed by atoms with Crippen LogP contribution in [0.3, 0.4) is 0 Å². The molecule has 2 aromatic rings. The Balaban J connectivity index is 1.90. The van der Waals surface area contributed by atoms with Gasteiger partial charge >= 0.3 is 0 Å². The summed E-state index contributed by atoms with van der Waals surface area (Å²) < 4.78 is 7.24. The van der Waals surface area contributed by atoms with Gasteiger partial charge in [0, 0.05) is 20.1 Å². The minimum Gasteiger partial charge on any atom is -0.496 e. The van der Waals surface area contributed by atoms with E-state index < -0.39 is 0 Å². The van der Waals surface area contributed by atoms with Crippen LogP contribution in [0.25, 0.3) is 0 Å². The van der Waals surface area contributed by atoms with E-state index >= 15 is 0 Å². The maximum absolute atomic E-state index is 5.37. The highest BCUT2D eigenvalue weighted by Gasteiger charge is 2.03. The summed E-state index contributed by atoms with van der Waals surface area (Å²) in [5.41, 5.74) is 2.38. The zero-order valence-electron chi connectivity index (χ0n) is 14.8. The van der Waals surface area contributed by atoms with Crippen molar-refractivity contribution < 1.29 is 4.74 Å². The van der Waals surface area contributed by atoms with E-state index in [-0.39, 0.29) is 0 Å². The van der Waals surface area contributed by atoms with Gasteiger partial charge in [-0.25, -0.2) is 4.99 Å². The Bertz CT molecular complexity index is 679. The minimum atomic E-state index is 0.490. The summed E-state index contributed by atoms with van der Waals surface area (Å²) in [6.45, 7) is 6.18. The molecule has 7 heteroatoms. The van der Waals surface area contributed by atoms with E-state index in [0.29, 0.717) is 6.54 Å². The summed E-state index contributed by atoms with van der Waals surface area (Å²) in [5.74, 6) is 2.53. The van der Waals surface area contributed by atoms with Crippen molar-refractivity contribution >= 4 is 5.96 Å². The molecule has 0 aliphatic carbocycles. The molecule has 0 spiro atoms. The largest absolute Gasteiger partial charge is 0.496 e. The molecule has 0 amide bonds. The smallest absolute Gasteiger partial charge is 0.191 e. The van der Waals surface area contributed by atoms with Crippen molar-refractivity contribution in [1.29, 1.82) is 0 Å². The molecule has 0 aliphatic rings. The van der Waals surface area contributed by atoms with Crippen molar-refractivity contribution in [2.24, 2.45) is 12.0 Å². The fourth-order valence-corrected chi connectivity index (χ4v) is 2.29. The summed E-state index contributed by atoms with van der Waals surface area (Å²) >= 11 is 0. The average Bonchev–Trinajstić information content (AvgIpc) is 2.99. The molecule has 7 nitrogen and oxygen atoms in total. The number of aryl methyl sites for hydroxylation is 2. The predicted molar refractivity (Wildman–Crippen MR) is 95.3 cm³/mol. The lowest BCUT2D eigenvalue weighted by Gasteiger charge is -2.12. The van der Waals surface area contributed by atoms with Crippen molar-refractivity contribution in [2.45, 2.75) is 26.8 Å². The molecule has 24 heavy (non-hydrogen) atoms. The van der Waals surface area contributed by atoms with Crippen LogP contribution in [0.5, 0.6) is 5.75 Å². The number of guanidine groups is 1. The third-order valence-corrected chi connectivity index (χ3v) is 3.71. The third-order valence-electron chi connectivity index (χ3n) is 3.71.